The van der Waals surface area contributed by atoms with Crippen molar-refractivity contribution in [1.82, 2.24) is 0 Å². The average molecular weight is 205 g/mol. The molecular weight excluding hydrogens is 203 g/mol. The van der Waals surface area contributed by atoms with Crippen molar-refractivity contribution < 1.29 is 13.2 Å². The van der Waals surface area contributed by atoms with Gasteiger partial charge in [0.1, 0.15) is 0 Å². The normalized spacial score (nSPS) is 12.0. The first-order valence-corrected chi connectivity index (χ1v) is 3.04. The summed E-state index contributed by atoms with van der Waals surface area (Å²) in [7, 11) is 0. The van der Waals surface area contributed by atoms with Gasteiger partial charge in [-0.15, -0.1) is 0 Å². The van der Waals surface area contributed by atoms with Gasteiger partial charge in [-0.2, -0.15) is 0 Å². The number of halogens is 3. The quantitative estimate of drug-likeness (QED) is 0.520. The van der Waals surface area contributed by atoms with Gasteiger partial charge in [-0.05, 0) is 0 Å². The standard InChI is InChI=1S/C2H2F3.Sb/c1-2(3,4)5;/h1H2;. The second kappa shape index (κ2) is 2.06. The Hall–Kier alpha value is 0.608. The topological polar surface area (TPSA) is 0 Å². The first-order valence-electron chi connectivity index (χ1n) is 1.24. The van der Waals surface area contributed by atoms with Crippen LogP contribution in [-0.4, -0.2) is 29.2 Å². The molecule has 0 fully saturated rings. The van der Waals surface area contributed by atoms with Crippen LogP contribution in [0.15, 0.2) is 0 Å². The van der Waals surface area contributed by atoms with Crippen LogP contribution in [0, 0.1) is 0 Å². The molecule has 0 heterocycles. The summed E-state index contributed by atoms with van der Waals surface area (Å²) in [5.41, 5.74) is 0. The molecule has 0 aliphatic carbocycles. The Morgan fingerprint density at radius 1 is 1.33 bits per heavy atom. The zero-order chi connectivity index (χ0) is 5.21. The minimum atomic E-state index is -3.94. The summed E-state index contributed by atoms with van der Waals surface area (Å²) in [6.45, 7) is 0. The van der Waals surface area contributed by atoms with Crippen molar-refractivity contribution in [2.24, 2.45) is 0 Å². The molecule has 0 saturated heterocycles. The van der Waals surface area contributed by atoms with Gasteiger partial charge in [0.15, 0.2) is 0 Å². The molecule has 0 unspecified atom stereocenters. The van der Waals surface area contributed by atoms with E-state index in [0.717, 1.165) is 23.0 Å². The molecule has 0 amide bonds. The molecule has 6 heavy (non-hydrogen) atoms. The van der Waals surface area contributed by atoms with Crippen LogP contribution in [0.4, 0.5) is 13.2 Å². The first-order chi connectivity index (χ1) is 2.56. The van der Waals surface area contributed by atoms with Crippen molar-refractivity contribution >= 4 is 23.0 Å². The second-order valence-corrected chi connectivity index (χ2v) is 1.68. The summed E-state index contributed by atoms with van der Waals surface area (Å²) in [4.78, 5) is 0. The summed E-state index contributed by atoms with van der Waals surface area (Å²) < 4.78 is 31.7. The third-order valence-electron chi connectivity index (χ3n) is 0.179. The van der Waals surface area contributed by atoms with Gasteiger partial charge in [0, 0.05) is 0 Å². The minimum absolute atomic E-state index is 0.679. The average Bonchev–Trinajstić information content (AvgIpc) is 1.35. The van der Waals surface area contributed by atoms with Crippen molar-refractivity contribution in [2.75, 3.05) is 0 Å². The molecule has 0 aromatic rings. The van der Waals surface area contributed by atoms with E-state index in [1.807, 2.05) is 0 Å². The van der Waals surface area contributed by atoms with Gasteiger partial charge < -0.3 is 0 Å². The molecular formula is C2H2F3Sb. The summed E-state index contributed by atoms with van der Waals surface area (Å²) in [5, 5.41) is 0. The number of hydrogen-bond acceptors (Lipinski definition) is 0. The van der Waals surface area contributed by atoms with E-state index < -0.39 is 10.5 Å². The molecule has 0 rings (SSSR count). The molecule has 0 atom stereocenters. The summed E-state index contributed by atoms with van der Waals surface area (Å²) in [5.74, 6) is 0. The van der Waals surface area contributed by atoms with Gasteiger partial charge in [-0.25, -0.2) is 0 Å². The van der Waals surface area contributed by atoms with E-state index in [2.05, 4.69) is 0 Å². The fourth-order valence-corrected chi connectivity index (χ4v) is 0. The Bertz CT molecular complexity index is 38.5. The van der Waals surface area contributed by atoms with Crippen molar-refractivity contribution in [3.05, 3.63) is 0 Å². The summed E-state index contributed by atoms with van der Waals surface area (Å²) in [6.07, 6.45) is -3.94. The van der Waals surface area contributed by atoms with E-state index in [1.54, 1.807) is 0 Å². The van der Waals surface area contributed by atoms with Crippen molar-refractivity contribution in [3.8, 4) is 0 Å². The number of hydrogen-bond donors (Lipinski definition) is 0. The predicted octanol–water partition coefficient (Wildman–Crippen LogP) is 1.14. The second-order valence-electron chi connectivity index (χ2n) is 0.773. The maximum atomic E-state index is 10.8. The molecule has 0 aromatic carbocycles. The van der Waals surface area contributed by atoms with E-state index >= 15 is 0 Å². The molecule has 2 radical (unpaired) electrons. The molecule has 0 aliphatic heterocycles. The third-order valence-corrected chi connectivity index (χ3v) is 1.20. The predicted molar refractivity (Wildman–Crippen MR) is 16.6 cm³/mol. The Balaban J connectivity index is 3.17. The Morgan fingerprint density at radius 2 is 1.50 bits per heavy atom. The molecule has 0 bridgehead atoms. The van der Waals surface area contributed by atoms with E-state index in [-0.39, 0.29) is 0 Å². The van der Waals surface area contributed by atoms with Crippen LogP contribution in [-0.2, 0) is 0 Å². The third kappa shape index (κ3) is 4.61. The van der Waals surface area contributed by atoms with Crippen molar-refractivity contribution in [2.45, 2.75) is 10.5 Å². The van der Waals surface area contributed by atoms with E-state index in [1.165, 1.54) is 0 Å². The molecule has 0 nitrogen and oxygen atoms in total. The van der Waals surface area contributed by atoms with Gasteiger partial charge in [0.05, 0.1) is 0 Å². The summed E-state index contributed by atoms with van der Waals surface area (Å²) in [6, 6.07) is 0. The fraction of sp³-hybridized carbons (Fsp3) is 1.00. The van der Waals surface area contributed by atoms with Crippen LogP contribution in [0.5, 0.6) is 0 Å². The molecule has 0 N–H and O–H groups in total. The summed E-state index contributed by atoms with van der Waals surface area (Å²) >= 11 is 0.774. The van der Waals surface area contributed by atoms with E-state index in [4.69, 9.17) is 0 Å². The van der Waals surface area contributed by atoms with Crippen LogP contribution in [0.3, 0.4) is 0 Å². The van der Waals surface area contributed by atoms with Crippen LogP contribution >= 0.6 is 0 Å². The molecule has 0 aliphatic rings. The SMILES string of the molecule is FC(F)(F)[CH2][Sb]. The molecule has 0 spiro atoms. The number of rotatable bonds is 0. The van der Waals surface area contributed by atoms with Gasteiger partial charge in [-0.1, -0.05) is 0 Å². The maximum absolute atomic E-state index is 10.8. The van der Waals surface area contributed by atoms with Gasteiger partial charge in [0.2, 0.25) is 0 Å². The Kier molecular flexibility index (Phi) is 2.27. The van der Waals surface area contributed by atoms with E-state index in [9.17, 15) is 13.2 Å². The Labute approximate surface area is 47.2 Å². The van der Waals surface area contributed by atoms with E-state index in [0.29, 0.717) is 0 Å². The van der Waals surface area contributed by atoms with Gasteiger partial charge in [0.25, 0.3) is 0 Å². The van der Waals surface area contributed by atoms with Crippen LogP contribution in [0.2, 0.25) is 4.37 Å². The molecule has 0 aromatic heterocycles. The van der Waals surface area contributed by atoms with Crippen molar-refractivity contribution in [1.29, 1.82) is 0 Å². The zero-order valence-corrected chi connectivity index (χ0v) is 5.34. The monoisotopic (exact) mass is 204 g/mol. The molecule has 0 saturated carbocycles. The molecule has 4 heteroatoms. The zero-order valence-electron chi connectivity index (χ0n) is 2.79. The molecule has 36 valence electrons. The fourth-order valence-electron chi connectivity index (χ4n) is 0. The Morgan fingerprint density at radius 3 is 1.50 bits per heavy atom. The van der Waals surface area contributed by atoms with Gasteiger partial charge >= 0.3 is 46.7 Å². The van der Waals surface area contributed by atoms with Crippen LogP contribution in [0.1, 0.15) is 0 Å². The van der Waals surface area contributed by atoms with Crippen molar-refractivity contribution in [3.63, 3.8) is 0 Å². The first kappa shape index (κ1) is 6.61. The van der Waals surface area contributed by atoms with Crippen LogP contribution in [0.25, 0.3) is 0 Å². The number of alkyl halides is 3. The van der Waals surface area contributed by atoms with Gasteiger partial charge in [-0.3, -0.25) is 0 Å². The van der Waals surface area contributed by atoms with Crippen LogP contribution < -0.4 is 0 Å².